The molecule has 1 aromatic rings. The predicted molar refractivity (Wildman–Crippen MR) is 69.4 cm³/mol. The molecule has 0 heterocycles. The van der Waals surface area contributed by atoms with Crippen molar-refractivity contribution in [3.05, 3.63) is 29.8 Å². The molecule has 100 valence electrons. The molecule has 0 saturated carbocycles. The summed E-state index contributed by atoms with van der Waals surface area (Å²) in [5.74, 6) is 0. The monoisotopic (exact) mass is 270 g/mol. The molecule has 18 heavy (non-hydrogen) atoms. The highest BCUT2D eigenvalue weighted by atomic mass is 32.2. The third-order valence-corrected chi connectivity index (χ3v) is 3.00. The van der Waals surface area contributed by atoms with Gasteiger partial charge in [0.25, 0.3) is 10.1 Å². The fraction of sp³-hybridized carbons (Fsp3) is 0.417. The van der Waals surface area contributed by atoms with E-state index in [2.05, 4.69) is 6.07 Å². The zero-order valence-electron chi connectivity index (χ0n) is 10.7. The molecular weight excluding hydrogens is 252 g/mol. The van der Waals surface area contributed by atoms with Crippen LogP contribution in [0.3, 0.4) is 0 Å². The number of hydrogen-bond donors (Lipinski definition) is 2. The summed E-state index contributed by atoms with van der Waals surface area (Å²) in [6.45, 7) is 5.90. The van der Waals surface area contributed by atoms with Crippen molar-refractivity contribution in [1.29, 1.82) is 5.26 Å². The molecule has 0 aliphatic carbocycles. The van der Waals surface area contributed by atoms with Gasteiger partial charge in [0.2, 0.25) is 0 Å². The molecule has 0 atom stereocenters. The first-order valence-electron chi connectivity index (χ1n) is 5.28. The van der Waals surface area contributed by atoms with Crippen LogP contribution in [0.2, 0.25) is 0 Å². The lowest BCUT2D eigenvalue weighted by molar-refractivity contribution is 0.483. The summed E-state index contributed by atoms with van der Waals surface area (Å²) in [4.78, 5) is -0.0666. The number of rotatable bonds is 2. The number of benzene rings is 1. The molecular formula is C12H18N2O3S. The normalized spacial score (nSPS) is 11.1. The van der Waals surface area contributed by atoms with Crippen molar-refractivity contribution >= 4 is 10.1 Å². The van der Waals surface area contributed by atoms with E-state index in [1.807, 2.05) is 20.8 Å². The molecule has 1 rings (SSSR count). The zero-order chi connectivity index (χ0) is 14.4. The Morgan fingerprint density at radius 3 is 2.00 bits per heavy atom. The fourth-order valence-electron chi connectivity index (χ4n) is 0.756. The van der Waals surface area contributed by atoms with E-state index in [0.717, 1.165) is 5.56 Å². The first kappa shape index (κ1) is 16.6. The second-order valence-electron chi connectivity index (χ2n) is 4.49. The van der Waals surface area contributed by atoms with Crippen LogP contribution in [-0.2, 0) is 10.1 Å². The molecule has 0 spiro atoms. The zero-order valence-corrected chi connectivity index (χ0v) is 11.5. The highest BCUT2D eigenvalue weighted by molar-refractivity contribution is 7.85. The molecule has 0 saturated heterocycles. The summed E-state index contributed by atoms with van der Waals surface area (Å²) < 4.78 is 29.6. The van der Waals surface area contributed by atoms with E-state index >= 15 is 0 Å². The smallest absolute Gasteiger partial charge is 0.294 e. The number of nitrogens with two attached hydrogens (primary N) is 1. The van der Waals surface area contributed by atoms with Crippen LogP contribution in [0, 0.1) is 23.7 Å². The van der Waals surface area contributed by atoms with Gasteiger partial charge in [0, 0.05) is 6.54 Å². The largest absolute Gasteiger partial charge is 0.329 e. The molecule has 0 radical (unpaired) electrons. The molecule has 0 bridgehead atoms. The van der Waals surface area contributed by atoms with Gasteiger partial charge < -0.3 is 5.73 Å². The van der Waals surface area contributed by atoms with Gasteiger partial charge in [0.15, 0.2) is 0 Å². The molecule has 5 nitrogen and oxygen atoms in total. The fourth-order valence-corrected chi connectivity index (χ4v) is 1.24. The van der Waals surface area contributed by atoms with E-state index in [0.29, 0.717) is 6.54 Å². The maximum absolute atomic E-state index is 10.5. The maximum atomic E-state index is 10.5. The van der Waals surface area contributed by atoms with Crippen molar-refractivity contribution in [3.8, 4) is 6.07 Å². The van der Waals surface area contributed by atoms with Gasteiger partial charge in [-0.1, -0.05) is 17.7 Å². The average Bonchev–Trinajstić information content (AvgIpc) is 2.29. The minimum atomic E-state index is -4.02. The van der Waals surface area contributed by atoms with Crippen molar-refractivity contribution in [3.63, 3.8) is 0 Å². The number of hydrogen-bond acceptors (Lipinski definition) is 4. The molecule has 0 amide bonds. The lowest BCUT2D eigenvalue weighted by Crippen LogP contribution is -2.20. The Morgan fingerprint density at radius 1 is 1.33 bits per heavy atom. The van der Waals surface area contributed by atoms with Crippen molar-refractivity contribution in [2.24, 2.45) is 11.1 Å². The predicted octanol–water partition coefficient (Wildman–Crippen LogP) is 1.74. The van der Waals surface area contributed by atoms with E-state index in [-0.39, 0.29) is 10.3 Å². The second-order valence-corrected chi connectivity index (χ2v) is 5.91. The Hall–Kier alpha value is -1.42. The highest BCUT2D eigenvalue weighted by Crippen LogP contribution is 2.08. The molecule has 0 fully saturated rings. The first-order valence-corrected chi connectivity index (χ1v) is 6.72. The first-order chi connectivity index (χ1) is 8.12. The van der Waals surface area contributed by atoms with Crippen LogP contribution in [0.1, 0.15) is 19.4 Å². The van der Waals surface area contributed by atoms with E-state index < -0.39 is 10.1 Å². The van der Waals surface area contributed by atoms with Crippen LogP contribution in [0.4, 0.5) is 0 Å². The van der Waals surface area contributed by atoms with Gasteiger partial charge in [-0.3, -0.25) is 4.55 Å². The number of nitrogens with zero attached hydrogens (tertiary/aromatic N) is 1. The minimum Gasteiger partial charge on any atom is -0.329 e. The Labute approximate surface area is 108 Å². The standard InChI is InChI=1S/C7H8O3S.C5H10N2/c1-6-2-4-7(5-3-6)11(8,9)10;1-5(2,3-6)4-7/h2-5H,1H3,(H,8,9,10);3,6H2,1-2H3. The van der Waals surface area contributed by atoms with Gasteiger partial charge in [0.05, 0.1) is 16.4 Å². The molecule has 1 aromatic carbocycles. The van der Waals surface area contributed by atoms with Gasteiger partial charge in [-0.25, -0.2) is 0 Å². The molecule has 0 aliphatic heterocycles. The van der Waals surface area contributed by atoms with Crippen molar-refractivity contribution in [2.75, 3.05) is 6.54 Å². The Bertz CT molecular complexity index is 513. The van der Waals surface area contributed by atoms with E-state index in [1.54, 1.807) is 12.1 Å². The molecule has 0 aromatic heterocycles. The van der Waals surface area contributed by atoms with Crippen LogP contribution in [0.5, 0.6) is 0 Å². The van der Waals surface area contributed by atoms with Crippen LogP contribution in [0.25, 0.3) is 0 Å². The maximum Gasteiger partial charge on any atom is 0.294 e. The third-order valence-electron chi connectivity index (χ3n) is 2.13. The van der Waals surface area contributed by atoms with Crippen LogP contribution >= 0.6 is 0 Å². The number of nitriles is 1. The Balaban J connectivity index is 0.000000360. The lowest BCUT2D eigenvalue weighted by Gasteiger charge is -2.08. The summed E-state index contributed by atoms with van der Waals surface area (Å²) in [7, 11) is -4.02. The molecule has 0 aliphatic rings. The molecule has 6 heteroatoms. The van der Waals surface area contributed by atoms with E-state index in [1.165, 1.54) is 12.1 Å². The summed E-state index contributed by atoms with van der Waals surface area (Å²) in [5.41, 5.74) is 5.82. The van der Waals surface area contributed by atoms with Crippen LogP contribution in [0.15, 0.2) is 29.2 Å². The summed E-state index contributed by atoms with van der Waals surface area (Å²) >= 11 is 0. The van der Waals surface area contributed by atoms with E-state index in [9.17, 15) is 8.42 Å². The SMILES string of the molecule is CC(C)(C#N)CN.Cc1ccc(S(=O)(=O)O)cc1. The third kappa shape index (κ3) is 6.35. The van der Waals surface area contributed by atoms with E-state index in [4.69, 9.17) is 15.5 Å². The van der Waals surface area contributed by atoms with Gasteiger partial charge in [-0.05, 0) is 32.9 Å². The number of aryl methyl sites for hydroxylation is 1. The highest BCUT2D eigenvalue weighted by Gasteiger charge is 2.11. The lowest BCUT2D eigenvalue weighted by atomic mass is 9.97. The topological polar surface area (TPSA) is 104 Å². The minimum absolute atomic E-state index is 0.0666. The Morgan fingerprint density at radius 2 is 1.78 bits per heavy atom. The van der Waals surface area contributed by atoms with Crippen molar-refractivity contribution < 1.29 is 13.0 Å². The van der Waals surface area contributed by atoms with Gasteiger partial charge >= 0.3 is 0 Å². The summed E-state index contributed by atoms with van der Waals surface area (Å²) in [6.07, 6.45) is 0. The van der Waals surface area contributed by atoms with Gasteiger partial charge in [-0.2, -0.15) is 13.7 Å². The van der Waals surface area contributed by atoms with Crippen molar-refractivity contribution in [1.82, 2.24) is 0 Å². The average molecular weight is 270 g/mol. The molecule has 0 unspecified atom stereocenters. The quantitative estimate of drug-likeness (QED) is 0.796. The van der Waals surface area contributed by atoms with Crippen LogP contribution < -0.4 is 5.73 Å². The molecule has 3 N–H and O–H groups in total. The Kier molecular flexibility index (Phi) is 5.98. The van der Waals surface area contributed by atoms with Gasteiger partial charge in [-0.15, -0.1) is 0 Å². The van der Waals surface area contributed by atoms with Crippen LogP contribution in [-0.4, -0.2) is 19.5 Å². The van der Waals surface area contributed by atoms with Gasteiger partial charge in [0.1, 0.15) is 0 Å². The summed E-state index contributed by atoms with van der Waals surface area (Å²) in [5, 5.41) is 8.26. The summed E-state index contributed by atoms with van der Waals surface area (Å²) in [6, 6.07) is 8.05. The second kappa shape index (κ2) is 6.50. The van der Waals surface area contributed by atoms with Crippen molar-refractivity contribution in [2.45, 2.75) is 25.7 Å².